The summed E-state index contributed by atoms with van der Waals surface area (Å²) in [6, 6.07) is 13.2. The molecule has 2 heterocycles. The number of aromatic nitrogens is 2. The molecule has 1 amide bonds. The molecule has 1 aliphatic rings. The van der Waals surface area contributed by atoms with E-state index >= 15 is 0 Å². The van der Waals surface area contributed by atoms with Gasteiger partial charge in [0, 0.05) is 32.0 Å². The topological polar surface area (TPSA) is 84.5 Å². The van der Waals surface area contributed by atoms with Crippen molar-refractivity contribution in [3.05, 3.63) is 59.9 Å². The second kappa shape index (κ2) is 9.04. The molecular formula is C24H25N3O4. The molecule has 0 spiro atoms. The Kier molecular flexibility index (Phi) is 6.02. The molecule has 0 aliphatic carbocycles. The fraction of sp³-hybridized carbons (Fsp3) is 0.292. The molecule has 0 saturated carbocycles. The molecule has 160 valence electrons. The lowest BCUT2D eigenvalue weighted by Gasteiger charge is -2.30. The Hall–Kier alpha value is -3.61. The van der Waals surface area contributed by atoms with Crippen molar-refractivity contribution in [2.45, 2.75) is 25.7 Å². The summed E-state index contributed by atoms with van der Waals surface area (Å²) >= 11 is 0. The zero-order chi connectivity index (χ0) is 21.8. The lowest BCUT2D eigenvalue weighted by molar-refractivity contribution is -0.132. The number of nitrogens with one attached hydrogen (secondary N) is 1. The molecule has 0 unspecified atom stereocenters. The van der Waals surface area contributed by atoms with Gasteiger partial charge >= 0.3 is 5.97 Å². The lowest BCUT2D eigenvalue weighted by atomic mass is 9.96. The number of hydrogen-bond donors (Lipinski definition) is 1. The molecule has 7 nitrogen and oxygen atoms in total. The number of fused-ring (bicyclic) bond motifs is 1. The Balaban J connectivity index is 1.36. The molecule has 0 radical (unpaired) electrons. The maximum atomic E-state index is 12.6. The van der Waals surface area contributed by atoms with E-state index in [9.17, 15) is 9.59 Å². The monoisotopic (exact) mass is 419 g/mol. The van der Waals surface area contributed by atoms with Gasteiger partial charge in [0.2, 0.25) is 5.91 Å². The summed E-state index contributed by atoms with van der Waals surface area (Å²) < 4.78 is 10.4. The SMILES string of the molecule is COc1cc(/C=C/C(=O)N2CCC(c3nc4ccccc4[nH]3)CC2)ccc1OC(C)=O. The minimum Gasteiger partial charge on any atom is -0.493 e. The molecule has 1 aliphatic heterocycles. The van der Waals surface area contributed by atoms with Crippen molar-refractivity contribution in [1.82, 2.24) is 14.9 Å². The van der Waals surface area contributed by atoms with Crippen LogP contribution in [0.5, 0.6) is 11.5 Å². The number of rotatable bonds is 5. The van der Waals surface area contributed by atoms with E-state index in [1.807, 2.05) is 29.2 Å². The summed E-state index contributed by atoms with van der Waals surface area (Å²) in [5, 5.41) is 0. The van der Waals surface area contributed by atoms with Crippen LogP contribution in [0.3, 0.4) is 0 Å². The van der Waals surface area contributed by atoms with E-state index in [0.29, 0.717) is 30.5 Å². The normalized spacial score (nSPS) is 14.8. The Bertz CT molecular complexity index is 1090. The van der Waals surface area contributed by atoms with Gasteiger partial charge in [-0.3, -0.25) is 9.59 Å². The van der Waals surface area contributed by atoms with Gasteiger partial charge in [-0.2, -0.15) is 0 Å². The quantitative estimate of drug-likeness (QED) is 0.385. The molecule has 0 atom stereocenters. The highest BCUT2D eigenvalue weighted by molar-refractivity contribution is 5.92. The number of amides is 1. The highest BCUT2D eigenvalue weighted by atomic mass is 16.6. The molecule has 1 fully saturated rings. The van der Waals surface area contributed by atoms with Crippen LogP contribution in [0.15, 0.2) is 48.5 Å². The molecule has 7 heteroatoms. The van der Waals surface area contributed by atoms with Crippen LogP contribution in [0.25, 0.3) is 17.1 Å². The van der Waals surface area contributed by atoms with Gasteiger partial charge < -0.3 is 19.4 Å². The maximum absolute atomic E-state index is 12.6. The van der Waals surface area contributed by atoms with Gasteiger partial charge in [-0.1, -0.05) is 18.2 Å². The number of aromatic amines is 1. The predicted octanol–water partition coefficient (Wildman–Crippen LogP) is 3.92. The van der Waals surface area contributed by atoms with Crippen LogP contribution in [-0.4, -0.2) is 46.9 Å². The first-order valence-corrected chi connectivity index (χ1v) is 10.3. The van der Waals surface area contributed by atoms with Gasteiger partial charge in [-0.25, -0.2) is 4.98 Å². The maximum Gasteiger partial charge on any atom is 0.308 e. The van der Waals surface area contributed by atoms with Gasteiger partial charge in [-0.05, 0) is 48.7 Å². The van der Waals surface area contributed by atoms with Crippen molar-refractivity contribution in [3.8, 4) is 11.5 Å². The van der Waals surface area contributed by atoms with E-state index in [0.717, 1.165) is 35.3 Å². The minimum absolute atomic E-state index is 0.0221. The van der Waals surface area contributed by atoms with Crippen LogP contribution in [0.4, 0.5) is 0 Å². The van der Waals surface area contributed by atoms with E-state index in [-0.39, 0.29) is 5.91 Å². The fourth-order valence-corrected chi connectivity index (χ4v) is 3.84. The number of H-pyrrole nitrogens is 1. The second-order valence-electron chi connectivity index (χ2n) is 7.58. The van der Waals surface area contributed by atoms with Gasteiger partial charge in [0.05, 0.1) is 18.1 Å². The molecule has 1 aromatic heterocycles. The third kappa shape index (κ3) is 4.77. The zero-order valence-electron chi connectivity index (χ0n) is 17.6. The number of carbonyl (C=O) groups excluding carboxylic acids is 2. The zero-order valence-corrected chi connectivity index (χ0v) is 17.6. The Morgan fingerprint density at radius 2 is 1.90 bits per heavy atom. The van der Waals surface area contributed by atoms with Gasteiger partial charge in [0.1, 0.15) is 5.82 Å². The van der Waals surface area contributed by atoms with Crippen LogP contribution in [0.1, 0.15) is 37.1 Å². The number of methoxy groups -OCH3 is 1. The molecule has 3 aromatic rings. The Morgan fingerprint density at radius 1 is 1.13 bits per heavy atom. The summed E-state index contributed by atoms with van der Waals surface area (Å²) in [6.07, 6.45) is 5.07. The predicted molar refractivity (Wildman–Crippen MR) is 118 cm³/mol. The summed E-state index contributed by atoms with van der Waals surface area (Å²) in [6.45, 7) is 2.72. The molecule has 2 aromatic carbocycles. The number of carbonyl (C=O) groups is 2. The molecule has 0 bridgehead atoms. The van der Waals surface area contributed by atoms with E-state index in [4.69, 9.17) is 14.5 Å². The lowest BCUT2D eigenvalue weighted by Crippen LogP contribution is -2.37. The molecule has 1 saturated heterocycles. The van der Waals surface area contributed by atoms with Crippen molar-refractivity contribution in [2.24, 2.45) is 0 Å². The van der Waals surface area contributed by atoms with E-state index in [1.54, 1.807) is 30.4 Å². The number of nitrogens with zero attached hydrogens (tertiary/aromatic N) is 2. The first-order valence-electron chi connectivity index (χ1n) is 10.3. The smallest absolute Gasteiger partial charge is 0.308 e. The number of ether oxygens (including phenoxy) is 2. The van der Waals surface area contributed by atoms with Gasteiger partial charge in [-0.15, -0.1) is 0 Å². The van der Waals surface area contributed by atoms with Gasteiger partial charge in [0.15, 0.2) is 11.5 Å². The average molecular weight is 419 g/mol. The van der Waals surface area contributed by atoms with Gasteiger partial charge in [0.25, 0.3) is 0 Å². The Morgan fingerprint density at radius 3 is 2.61 bits per heavy atom. The summed E-state index contributed by atoms with van der Waals surface area (Å²) in [4.78, 5) is 33.8. The van der Waals surface area contributed by atoms with Crippen molar-refractivity contribution < 1.29 is 19.1 Å². The summed E-state index contributed by atoms with van der Waals surface area (Å²) in [5.74, 6) is 1.69. The summed E-state index contributed by atoms with van der Waals surface area (Å²) in [5.41, 5.74) is 2.82. The van der Waals surface area contributed by atoms with Crippen LogP contribution in [-0.2, 0) is 9.59 Å². The number of benzene rings is 2. The van der Waals surface area contributed by atoms with Crippen LogP contribution in [0, 0.1) is 0 Å². The van der Waals surface area contributed by atoms with Crippen molar-refractivity contribution in [2.75, 3.05) is 20.2 Å². The second-order valence-corrected chi connectivity index (χ2v) is 7.58. The number of imidazole rings is 1. The average Bonchev–Trinajstić information content (AvgIpc) is 3.22. The number of likely N-dealkylation sites (tertiary alicyclic amines) is 1. The van der Waals surface area contributed by atoms with Crippen molar-refractivity contribution in [3.63, 3.8) is 0 Å². The Labute approximate surface area is 180 Å². The number of piperidine rings is 1. The highest BCUT2D eigenvalue weighted by Gasteiger charge is 2.24. The number of hydrogen-bond acceptors (Lipinski definition) is 5. The molecule has 4 rings (SSSR count). The first-order chi connectivity index (χ1) is 15.0. The summed E-state index contributed by atoms with van der Waals surface area (Å²) in [7, 11) is 1.51. The third-order valence-electron chi connectivity index (χ3n) is 5.46. The van der Waals surface area contributed by atoms with E-state index in [2.05, 4.69) is 4.98 Å². The third-order valence-corrected chi connectivity index (χ3v) is 5.46. The van der Waals surface area contributed by atoms with E-state index < -0.39 is 5.97 Å². The standard InChI is InChI=1S/C24H25N3O4/c1-16(28)31-21-9-7-17(15-22(21)30-2)8-10-23(29)27-13-11-18(12-14-27)24-25-19-5-3-4-6-20(19)26-24/h3-10,15,18H,11-14H2,1-2H3,(H,25,26)/b10-8+. The molecule has 31 heavy (non-hydrogen) atoms. The minimum atomic E-state index is -0.414. The fourth-order valence-electron chi connectivity index (χ4n) is 3.84. The largest absolute Gasteiger partial charge is 0.493 e. The van der Waals surface area contributed by atoms with Crippen molar-refractivity contribution >= 4 is 29.0 Å². The van der Waals surface area contributed by atoms with Crippen LogP contribution in [0.2, 0.25) is 0 Å². The van der Waals surface area contributed by atoms with Crippen molar-refractivity contribution in [1.29, 1.82) is 0 Å². The van der Waals surface area contributed by atoms with Crippen LogP contribution < -0.4 is 9.47 Å². The molecule has 1 N–H and O–H groups in total. The van der Waals surface area contributed by atoms with E-state index in [1.165, 1.54) is 14.0 Å². The highest BCUT2D eigenvalue weighted by Crippen LogP contribution is 2.30. The first kappa shape index (κ1) is 20.7. The number of esters is 1. The molecular weight excluding hydrogens is 394 g/mol. The van der Waals surface area contributed by atoms with Crippen LogP contribution >= 0.6 is 0 Å². The number of para-hydroxylation sites is 2.